The van der Waals surface area contributed by atoms with Gasteiger partial charge in [0.1, 0.15) is 11.5 Å². The SMILES string of the molecule is Cc1noc(C)c1CC(=O)N1CCN(C(=O)Cc2nc(-c3ccsc3)oc2C)CC1. The maximum Gasteiger partial charge on any atom is 0.228 e. The highest BCUT2D eigenvalue weighted by Crippen LogP contribution is 2.24. The minimum Gasteiger partial charge on any atom is -0.441 e. The minimum atomic E-state index is 0.00101. The van der Waals surface area contributed by atoms with Crippen LogP contribution in [0.1, 0.15) is 28.5 Å². The van der Waals surface area contributed by atoms with E-state index in [0.717, 1.165) is 16.8 Å². The summed E-state index contributed by atoms with van der Waals surface area (Å²) in [7, 11) is 0. The molecular weight excluding hydrogens is 404 g/mol. The zero-order valence-electron chi connectivity index (χ0n) is 17.3. The molecule has 158 valence electrons. The summed E-state index contributed by atoms with van der Waals surface area (Å²) in [6, 6.07) is 1.94. The van der Waals surface area contributed by atoms with Crippen molar-refractivity contribution in [2.24, 2.45) is 0 Å². The van der Waals surface area contributed by atoms with Gasteiger partial charge in [0.2, 0.25) is 17.7 Å². The third kappa shape index (κ3) is 4.16. The number of nitrogens with zero attached hydrogens (tertiary/aromatic N) is 4. The van der Waals surface area contributed by atoms with Gasteiger partial charge in [0, 0.05) is 42.7 Å². The molecule has 0 aromatic carbocycles. The van der Waals surface area contributed by atoms with E-state index in [4.69, 9.17) is 8.94 Å². The summed E-state index contributed by atoms with van der Waals surface area (Å²) in [5, 5.41) is 7.84. The first kappa shape index (κ1) is 20.3. The van der Waals surface area contributed by atoms with Crippen molar-refractivity contribution in [3.63, 3.8) is 0 Å². The Morgan fingerprint density at radius 2 is 1.70 bits per heavy atom. The molecule has 1 aliphatic heterocycles. The lowest BCUT2D eigenvalue weighted by Gasteiger charge is -2.34. The topological polar surface area (TPSA) is 92.7 Å². The molecule has 0 atom stereocenters. The number of carbonyl (C=O) groups is 2. The Bertz CT molecular complexity index is 1030. The monoisotopic (exact) mass is 428 g/mol. The third-order valence-electron chi connectivity index (χ3n) is 5.47. The van der Waals surface area contributed by atoms with Gasteiger partial charge in [-0.05, 0) is 32.2 Å². The van der Waals surface area contributed by atoms with E-state index in [2.05, 4.69) is 10.1 Å². The number of aryl methyl sites for hydroxylation is 3. The normalized spacial score (nSPS) is 14.4. The molecule has 3 aromatic heterocycles. The van der Waals surface area contributed by atoms with E-state index in [9.17, 15) is 9.59 Å². The molecule has 30 heavy (non-hydrogen) atoms. The highest BCUT2D eigenvalue weighted by Gasteiger charge is 2.26. The Balaban J connectivity index is 1.32. The molecule has 1 aliphatic rings. The fourth-order valence-electron chi connectivity index (χ4n) is 3.58. The van der Waals surface area contributed by atoms with Gasteiger partial charge in [-0.3, -0.25) is 9.59 Å². The van der Waals surface area contributed by atoms with Gasteiger partial charge in [-0.25, -0.2) is 4.98 Å². The number of piperazine rings is 1. The van der Waals surface area contributed by atoms with Crippen LogP contribution < -0.4 is 0 Å². The van der Waals surface area contributed by atoms with Gasteiger partial charge in [-0.2, -0.15) is 11.3 Å². The van der Waals surface area contributed by atoms with Crippen molar-refractivity contribution < 1.29 is 18.5 Å². The Morgan fingerprint density at radius 3 is 2.27 bits per heavy atom. The van der Waals surface area contributed by atoms with E-state index in [1.165, 1.54) is 0 Å². The molecule has 3 aromatic rings. The Morgan fingerprint density at radius 1 is 1.03 bits per heavy atom. The van der Waals surface area contributed by atoms with Crippen LogP contribution in [0.15, 0.2) is 25.8 Å². The quantitative estimate of drug-likeness (QED) is 0.620. The van der Waals surface area contributed by atoms with Gasteiger partial charge in [0.15, 0.2) is 0 Å². The van der Waals surface area contributed by atoms with Gasteiger partial charge in [0.05, 0.1) is 24.2 Å². The molecule has 0 N–H and O–H groups in total. The summed E-state index contributed by atoms with van der Waals surface area (Å²) < 4.78 is 10.9. The van der Waals surface area contributed by atoms with Gasteiger partial charge >= 0.3 is 0 Å². The van der Waals surface area contributed by atoms with Crippen LogP contribution in [0.5, 0.6) is 0 Å². The molecule has 0 spiro atoms. The third-order valence-corrected chi connectivity index (χ3v) is 6.16. The standard InChI is InChI=1S/C21H24N4O4S/c1-13-17(14(2)29-23-13)10-19(26)24-5-7-25(8-6-24)20(27)11-18-15(3)28-21(22-18)16-4-9-30-12-16/h4,9,12H,5-8,10-11H2,1-3H3. The van der Waals surface area contributed by atoms with E-state index >= 15 is 0 Å². The van der Waals surface area contributed by atoms with E-state index in [1.807, 2.05) is 37.6 Å². The molecular formula is C21H24N4O4S. The lowest BCUT2D eigenvalue weighted by Crippen LogP contribution is -2.51. The lowest BCUT2D eigenvalue weighted by atomic mass is 10.1. The summed E-state index contributed by atoms with van der Waals surface area (Å²) >= 11 is 1.57. The zero-order chi connectivity index (χ0) is 21.3. The summed E-state index contributed by atoms with van der Waals surface area (Å²) in [6.45, 7) is 7.55. The first-order valence-corrected chi connectivity index (χ1v) is 10.8. The second kappa shape index (κ2) is 8.43. The van der Waals surface area contributed by atoms with Crippen molar-refractivity contribution in [3.8, 4) is 11.5 Å². The number of amides is 2. The van der Waals surface area contributed by atoms with Crippen LogP contribution >= 0.6 is 11.3 Å². The van der Waals surface area contributed by atoms with Crippen molar-refractivity contribution in [2.75, 3.05) is 26.2 Å². The lowest BCUT2D eigenvalue weighted by molar-refractivity contribution is -0.138. The second-order valence-corrected chi connectivity index (χ2v) is 8.23. The predicted molar refractivity (Wildman–Crippen MR) is 111 cm³/mol. The van der Waals surface area contributed by atoms with E-state index in [-0.39, 0.29) is 24.7 Å². The summed E-state index contributed by atoms with van der Waals surface area (Å²) in [6.07, 6.45) is 0.477. The highest BCUT2D eigenvalue weighted by atomic mass is 32.1. The summed E-state index contributed by atoms with van der Waals surface area (Å²) in [5.74, 6) is 1.92. The van der Waals surface area contributed by atoms with Crippen LogP contribution in [0.4, 0.5) is 0 Å². The van der Waals surface area contributed by atoms with Crippen molar-refractivity contribution >= 4 is 23.2 Å². The zero-order valence-corrected chi connectivity index (χ0v) is 18.1. The Labute approximate surface area is 178 Å². The largest absolute Gasteiger partial charge is 0.441 e. The number of hydrogen-bond donors (Lipinski definition) is 0. The molecule has 9 heteroatoms. The van der Waals surface area contributed by atoms with Crippen molar-refractivity contribution in [1.82, 2.24) is 19.9 Å². The molecule has 2 amide bonds. The van der Waals surface area contributed by atoms with E-state index in [0.29, 0.717) is 49.3 Å². The molecule has 0 saturated carbocycles. The molecule has 0 aliphatic carbocycles. The van der Waals surface area contributed by atoms with Crippen molar-refractivity contribution in [2.45, 2.75) is 33.6 Å². The predicted octanol–water partition coefficient (Wildman–Crippen LogP) is 2.77. The summed E-state index contributed by atoms with van der Waals surface area (Å²) in [4.78, 5) is 33.5. The smallest absolute Gasteiger partial charge is 0.228 e. The van der Waals surface area contributed by atoms with Crippen LogP contribution in [0.25, 0.3) is 11.5 Å². The Hall–Kier alpha value is -2.94. The fourth-order valence-corrected chi connectivity index (χ4v) is 4.21. The first-order chi connectivity index (χ1) is 14.4. The summed E-state index contributed by atoms with van der Waals surface area (Å²) in [5.41, 5.74) is 3.19. The van der Waals surface area contributed by atoms with Gasteiger partial charge in [-0.15, -0.1) is 0 Å². The second-order valence-electron chi connectivity index (χ2n) is 7.45. The number of carbonyl (C=O) groups excluding carboxylic acids is 2. The Kier molecular flexibility index (Phi) is 5.72. The molecule has 4 rings (SSSR count). The number of aromatic nitrogens is 2. The minimum absolute atomic E-state index is 0.00101. The van der Waals surface area contributed by atoms with Crippen LogP contribution in [-0.2, 0) is 22.4 Å². The average molecular weight is 429 g/mol. The number of hydrogen-bond acceptors (Lipinski definition) is 7. The van der Waals surface area contributed by atoms with Crippen LogP contribution in [-0.4, -0.2) is 57.9 Å². The maximum atomic E-state index is 12.8. The average Bonchev–Trinajstić information content (AvgIpc) is 3.46. The van der Waals surface area contributed by atoms with Crippen molar-refractivity contribution in [1.29, 1.82) is 0 Å². The molecule has 4 heterocycles. The van der Waals surface area contributed by atoms with Gasteiger partial charge < -0.3 is 18.7 Å². The number of rotatable bonds is 5. The molecule has 1 saturated heterocycles. The van der Waals surface area contributed by atoms with E-state index < -0.39 is 0 Å². The van der Waals surface area contributed by atoms with Gasteiger partial charge in [-0.1, -0.05) is 5.16 Å². The van der Waals surface area contributed by atoms with Crippen molar-refractivity contribution in [3.05, 3.63) is 45.3 Å². The first-order valence-electron chi connectivity index (χ1n) is 9.88. The van der Waals surface area contributed by atoms with Crippen LogP contribution in [0, 0.1) is 20.8 Å². The van der Waals surface area contributed by atoms with Gasteiger partial charge in [0.25, 0.3) is 0 Å². The molecule has 1 fully saturated rings. The van der Waals surface area contributed by atoms with Crippen LogP contribution in [0.2, 0.25) is 0 Å². The number of oxazole rings is 1. The maximum absolute atomic E-state index is 12.8. The molecule has 0 radical (unpaired) electrons. The molecule has 8 nitrogen and oxygen atoms in total. The fraction of sp³-hybridized carbons (Fsp3) is 0.429. The molecule has 0 unspecified atom stereocenters. The number of thiophene rings is 1. The van der Waals surface area contributed by atoms with E-state index in [1.54, 1.807) is 21.1 Å². The molecule has 0 bridgehead atoms. The highest BCUT2D eigenvalue weighted by molar-refractivity contribution is 7.08. The van der Waals surface area contributed by atoms with Crippen LogP contribution in [0.3, 0.4) is 0 Å².